The third-order valence-corrected chi connectivity index (χ3v) is 9.85. The molecule has 14 heteroatoms. The summed E-state index contributed by atoms with van der Waals surface area (Å²) in [5, 5.41) is 24.5. The molecule has 8 aromatic rings. The average molecular weight is 998 g/mol. The zero-order valence-corrected chi connectivity index (χ0v) is 39.1. The van der Waals surface area contributed by atoms with Gasteiger partial charge in [-0.25, -0.2) is 15.0 Å². The minimum atomic E-state index is -0.131. The number of hydrogen-bond donors (Lipinski definition) is 6. The zero-order valence-electron chi connectivity index (χ0n) is 35.1. The van der Waals surface area contributed by atoms with Gasteiger partial charge < -0.3 is 41.7 Å². The molecule has 11 nitrogen and oxygen atoms in total. The summed E-state index contributed by atoms with van der Waals surface area (Å²) in [4.78, 5) is 25.4. The van der Waals surface area contributed by atoms with E-state index in [1.165, 1.54) is 23.3 Å². The number of aromatic nitrogens is 4. The highest BCUT2D eigenvalue weighted by atomic mass is 79.9. The molecular weight excluding hydrogens is 948 g/mol. The molecule has 63 heavy (non-hydrogen) atoms. The van der Waals surface area contributed by atoms with Gasteiger partial charge in [-0.1, -0.05) is 94.8 Å². The van der Waals surface area contributed by atoms with Gasteiger partial charge in [0.1, 0.15) is 12.0 Å². The number of benzene rings is 6. The fraction of sp³-hybridized carbons (Fsp3) is 0.102. The van der Waals surface area contributed by atoms with Crippen molar-refractivity contribution in [3.63, 3.8) is 0 Å². The van der Waals surface area contributed by atoms with Crippen LogP contribution in [0.5, 0.6) is 23.0 Å². The Balaban J connectivity index is 0.000000232. The maximum Gasteiger partial charge on any atom is 0.284 e. The topological polar surface area (TPSA) is 186 Å². The van der Waals surface area contributed by atoms with Crippen LogP contribution in [-0.4, -0.2) is 56.3 Å². The minimum Gasteiger partial charge on any atom is -1.00 e. The summed E-state index contributed by atoms with van der Waals surface area (Å²) in [7, 11) is 3.26. The van der Waals surface area contributed by atoms with Crippen LogP contribution in [0.2, 0.25) is 0 Å². The summed E-state index contributed by atoms with van der Waals surface area (Å²) in [6.45, 7) is 4.05. The maximum absolute atomic E-state index is 11.2. The molecule has 0 unspecified atom stereocenters. The van der Waals surface area contributed by atoms with Crippen LogP contribution in [0.3, 0.4) is 0 Å². The summed E-state index contributed by atoms with van der Waals surface area (Å²) >= 11 is 3.15. The number of Topliss-reactive ketones (excluding diaryl/α,β-unsaturated/α-hetero) is 1. The highest BCUT2D eigenvalue weighted by Gasteiger charge is 2.14. The average Bonchev–Trinajstić information content (AvgIpc) is 4.01. The van der Waals surface area contributed by atoms with Crippen LogP contribution < -0.4 is 42.6 Å². The van der Waals surface area contributed by atoms with Gasteiger partial charge in [-0.2, -0.15) is 0 Å². The van der Waals surface area contributed by atoms with Crippen molar-refractivity contribution in [1.29, 1.82) is 0 Å². The predicted molar refractivity (Wildman–Crippen MR) is 252 cm³/mol. The van der Waals surface area contributed by atoms with Gasteiger partial charge >= 0.3 is 0 Å². The molecule has 0 aliphatic carbocycles. The van der Waals surface area contributed by atoms with Crippen LogP contribution in [0, 0.1) is 13.8 Å². The molecule has 0 spiro atoms. The summed E-state index contributed by atoms with van der Waals surface area (Å²) < 4.78 is 10.6. The van der Waals surface area contributed by atoms with Crippen LogP contribution >= 0.6 is 28.3 Å². The molecule has 0 saturated heterocycles. The molecule has 2 heterocycles. The first-order valence-corrected chi connectivity index (χ1v) is 20.2. The number of halogens is 3. The van der Waals surface area contributed by atoms with E-state index in [4.69, 9.17) is 20.6 Å². The number of imidazole rings is 2. The molecule has 8 rings (SSSR count). The molecule has 0 aliphatic heterocycles. The van der Waals surface area contributed by atoms with Crippen molar-refractivity contribution in [2.45, 2.75) is 13.8 Å². The molecule has 326 valence electrons. The standard InChI is InChI=1S/C17H16N2O2.C15H12N2O2.C10H11BrO.C7H8N2.BrH.ClH/c1-20-15-9-8-13(10-16(15)21-2)14-11-18-17(19-14)12-6-4-3-5-7-12;18-13-7-6-11(8-14(13)19)12-9-16-15(17-12)10-4-2-1-3-5-10;1-7-3-4-9(5-8(7)2)10(12)6-11;8-7(9)6-4-2-1-3-5-6;;/h3-11H,1-2H3,(H,18,19);1-9,18-19H,(H,16,17);3-5H,6H2,1-2H3;1-5H,(H3,8,9);2*1H/p+1. The first kappa shape index (κ1) is 50.7. The van der Waals surface area contributed by atoms with Crippen LogP contribution in [0.15, 0.2) is 158 Å². The van der Waals surface area contributed by atoms with Gasteiger partial charge in [-0.3, -0.25) is 15.9 Å². The molecule has 0 bridgehead atoms. The Kier molecular flexibility index (Phi) is 20.4. The second-order valence-corrected chi connectivity index (χ2v) is 14.1. The van der Waals surface area contributed by atoms with E-state index in [1.807, 2.05) is 154 Å². The normalized spacial score (nSPS) is 9.79. The number of methoxy groups -OCH3 is 2. The molecule has 0 amide bonds. The van der Waals surface area contributed by atoms with E-state index >= 15 is 0 Å². The number of hydrogen-bond acceptors (Lipinski definition) is 6. The van der Waals surface area contributed by atoms with E-state index in [1.54, 1.807) is 20.3 Å². The van der Waals surface area contributed by atoms with Crippen molar-refractivity contribution in [2.75, 3.05) is 19.5 Å². The number of nitrogens with zero attached hydrogens (tertiary/aromatic N) is 1. The quantitative estimate of drug-likeness (QED) is 0.0348. The predicted octanol–water partition coefficient (Wildman–Crippen LogP) is 5.79. The van der Waals surface area contributed by atoms with Crippen LogP contribution in [0.1, 0.15) is 27.0 Å². The van der Waals surface area contributed by atoms with Gasteiger partial charge in [0.25, 0.3) is 11.7 Å². The van der Waals surface area contributed by atoms with Crippen molar-refractivity contribution in [1.82, 2.24) is 15.0 Å². The molecule has 0 aliphatic rings. The van der Waals surface area contributed by atoms with E-state index in [0.29, 0.717) is 22.7 Å². The van der Waals surface area contributed by atoms with Gasteiger partial charge in [-0.05, 0) is 91.7 Å². The monoisotopic (exact) mass is 995 g/mol. The van der Waals surface area contributed by atoms with E-state index in [9.17, 15) is 15.0 Å². The lowest BCUT2D eigenvalue weighted by Gasteiger charge is -2.08. The fourth-order valence-electron chi connectivity index (χ4n) is 5.79. The Morgan fingerprint density at radius 3 is 1.83 bits per heavy atom. The van der Waals surface area contributed by atoms with Crippen molar-refractivity contribution in [2.24, 2.45) is 5.73 Å². The minimum absolute atomic E-state index is 0. The summed E-state index contributed by atoms with van der Waals surface area (Å²) in [6, 6.07) is 45.7. The zero-order chi connectivity index (χ0) is 43.7. The SMILES string of the molecule is COc1ccc(-c2cnc(-c3ccccc3)[nH]2)cc1OC.Cc1ccc(C(=O)CBr)cc1C.Cl.NC(=[NH2+])c1ccccc1.Oc1ccc(-c2c[nH+]c(-c3ccccc3)[nH]2)cc1O.[Br-]. The number of ketones is 1. The van der Waals surface area contributed by atoms with E-state index in [0.717, 1.165) is 56.4 Å². The lowest BCUT2D eigenvalue weighted by molar-refractivity contribution is -0.361. The number of phenols is 2. The van der Waals surface area contributed by atoms with Gasteiger partial charge in [0.15, 0.2) is 34.5 Å². The van der Waals surface area contributed by atoms with Gasteiger partial charge in [-0.15, -0.1) is 12.4 Å². The summed E-state index contributed by atoms with van der Waals surface area (Å²) in [6.07, 6.45) is 3.65. The molecule has 0 radical (unpaired) electrons. The van der Waals surface area contributed by atoms with Crippen LogP contribution in [0.25, 0.3) is 45.3 Å². The first-order valence-electron chi connectivity index (χ1n) is 19.1. The third-order valence-electron chi connectivity index (χ3n) is 9.34. The Hall–Kier alpha value is -6.67. The second-order valence-electron chi connectivity index (χ2n) is 13.5. The number of aryl methyl sites for hydroxylation is 2. The molecule has 9 N–H and O–H groups in total. The number of amidine groups is 1. The van der Waals surface area contributed by atoms with Crippen molar-refractivity contribution in [3.8, 4) is 68.3 Å². The Morgan fingerprint density at radius 1 is 0.683 bits per heavy atom. The van der Waals surface area contributed by atoms with Gasteiger partial charge in [0.05, 0.1) is 42.6 Å². The van der Waals surface area contributed by atoms with Crippen molar-refractivity contribution in [3.05, 3.63) is 180 Å². The maximum atomic E-state index is 11.2. The summed E-state index contributed by atoms with van der Waals surface area (Å²) in [5.41, 5.74) is 15.1. The molecule has 2 aromatic heterocycles. The van der Waals surface area contributed by atoms with Crippen LogP contribution in [0.4, 0.5) is 0 Å². The molecule has 0 fully saturated rings. The number of carbonyl (C=O) groups excluding carboxylic acids is 1. The number of aromatic amines is 3. The Labute approximate surface area is 392 Å². The van der Waals surface area contributed by atoms with Crippen LogP contribution in [-0.2, 0) is 0 Å². The number of phenolic OH excluding ortho intramolecular Hbond substituents is 2. The number of H-pyrrole nitrogens is 3. The Morgan fingerprint density at radius 2 is 1.27 bits per heavy atom. The largest absolute Gasteiger partial charge is 1.00 e. The highest BCUT2D eigenvalue weighted by molar-refractivity contribution is 9.09. The number of alkyl halides is 1. The fourth-order valence-corrected chi connectivity index (χ4v) is 6.12. The molecule has 0 atom stereocenters. The number of nitrogens with one attached hydrogen (secondary N) is 3. The second kappa shape index (κ2) is 25.3. The summed E-state index contributed by atoms with van der Waals surface area (Å²) in [5.74, 6) is 3.41. The van der Waals surface area contributed by atoms with E-state index in [-0.39, 0.29) is 46.7 Å². The molecule has 6 aromatic carbocycles. The highest BCUT2D eigenvalue weighted by Crippen LogP contribution is 2.33. The first-order chi connectivity index (χ1) is 29.5. The molecular formula is C49H50Br2ClN6O5+. The number of carbonyl (C=O) groups is 1. The number of rotatable bonds is 9. The number of ether oxygens (including phenoxy) is 2. The lowest BCUT2D eigenvalue weighted by Crippen LogP contribution is -3.00. The van der Waals surface area contributed by atoms with Gasteiger partial charge in [0.2, 0.25) is 0 Å². The smallest absolute Gasteiger partial charge is 0.284 e. The van der Waals surface area contributed by atoms with Crippen molar-refractivity contribution < 1.29 is 51.9 Å². The third kappa shape index (κ3) is 14.5. The Bertz CT molecular complexity index is 2660. The van der Waals surface area contributed by atoms with E-state index < -0.39 is 0 Å². The molecule has 0 saturated carbocycles. The lowest BCUT2D eigenvalue weighted by atomic mass is 10.0. The van der Waals surface area contributed by atoms with Crippen molar-refractivity contribution >= 4 is 40.0 Å². The van der Waals surface area contributed by atoms with E-state index in [2.05, 4.69) is 35.9 Å². The number of nitrogens with two attached hydrogens (primary N) is 2. The van der Waals surface area contributed by atoms with Gasteiger partial charge in [0, 0.05) is 22.3 Å². The number of aromatic hydroxyl groups is 2.